The summed E-state index contributed by atoms with van der Waals surface area (Å²) < 4.78 is 13.2. The summed E-state index contributed by atoms with van der Waals surface area (Å²) in [5.41, 5.74) is 2.87. The molecule has 0 saturated heterocycles. The van der Waals surface area contributed by atoms with Crippen LogP contribution in [-0.2, 0) is 5.41 Å². The van der Waals surface area contributed by atoms with E-state index < -0.39 is 0 Å². The fourth-order valence-electron chi connectivity index (χ4n) is 5.65. The van der Waals surface area contributed by atoms with Crippen LogP contribution in [0.2, 0.25) is 0 Å². The highest BCUT2D eigenvalue weighted by Crippen LogP contribution is 2.51. The molecule has 170 valence electrons. The Labute approximate surface area is 186 Å². The molecule has 2 heteroatoms. The zero-order valence-corrected chi connectivity index (χ0v) is 20.8. The number of unbranched alkanes of at least 4 members (excludes halogenated alkanes) is 1. The standard InChI is InChI=1S/C28H46O2/c1-8-10-13-21(9-2)19-29-26-16-22-23(20(3)4)18-27(5,6)30-25(22)17-24(26)28(7)14-11-12-15-28/h16-17,20-21,23H,8-15,18-19H2,1-7H3. The molecule has 0 bridgehead atoms. The van der Waals surface area contributed by atoms with Crippen molar-refractivity contribution in [3.8, 4) is 11.5 Å². The molecule has 0 spiro atoms. The van der Waals surface area contributed by atoms with Gasteiger partial charge in [0, 0.05) is 11.1 Å². The van der Waals surface area contributed by atoms with Crippen LogP contribution in [0.25, 0.3) is 0 Å². The van der Waals surface area contributed by atoms with Crippen molar-refractivity contribution in [2.24, 2.45) is 11.8 Å². The molecular formula is C28H46O2. The number of benzene rings is 1. The molecule has 0 amide bonds. The molecule has 1 saturated carbocycles. The largest absolute Gasteiger partial charge is 0.493 e. The lowest BCUT2D eigenvalue weighted by molar-refractivity contribution is 0.0633. The van der Waals surface area contributed by atoms with Crippen molar-refractivity contribution in [1.82, 2.24) is 0 Å². The summed E-state index contributed by atoms with van der Waals surface area (Å²) in [6.07, 6.45) is 11.3. The molecule has 0 radical (unpaired) electrons. The molecule has 3 rings (SSSR count). The van der Waals surface area contributed by atoms with Gasteiger partial charge in [0.2, 0.25) is 0 Å². The van der Waals surface area contributed by atoms with E-state index in [1.165, 1.54) is 62.5 Å². The summed E-state index contributed by atoms with van der Waals surface area (Å²) >= 11 is 0. The van der Waals surface area contributed by atoms with Gasteiger partial charge in [-0.1, -0.05) is 66.7 Å². The minimum absolute atomic E-state index is 0.106. The predicted molar refractivity (Wildman–Crippen MR) is 128 cm³/mol. The maximum absolute atomic E-state index is 6.66. The zero-order valence-electron chi connectivity index (χ0n) is 20.8. The second kappa shape index (κ2) is 9.53. The normalized spacial score (nSPS) is 23.1. The third-order valence-corrected chi connectivity index (χ3v) is 7.79. The van der Waals surface area contributed by atoms with Crippen LogP contribution in [0.4, 0.5) is 0 Å². The second-order valence-electron chi connectivity index (χ2n) is 11.3. The molecule has 2 atom stereocenters. The summed E-state index contributed by atoms with van der Waals surface area (Å²) in [5.74, 6) is 4.03. The third kappa shape index (κ3) is 5.17. The van der Waals surface area contributed by atoms with Crippen LogP contribution in [0.5, 0.6) is 11.5 Å². The molecule has 1 heterocycles. The van der Waals surface area contributed by atoms with E-state index in [-0.39, 0.29) is 11.0 Å². The average molecular weight is 415 g/mol. The summed E-state index contributed by atoms with van der Waals surface area (Å²) in [6.45, 7) is 17.1. The van der Waals surface area contributed by atoms with E-state index in [1.807, 2.05) is 0 Å². The number of hydrogen-bond acceptors (Lipinski definition) is 2. The molecule has 1 aliphatic heterocycles. The molecule has 1 aromatic rings. The topological polar surface area (TPSA) is 18.5 Å². The number of rotatable bonds is 9. The highest BCUT2D eigenvalue weighted by Gasteiger charge is 2.39. The molecule has 30 heavy (non-hydrogen) atoms. The van der Waals surface area contributed by atoms with Crippen molar-refractivity contribution in [3.05, 3.63) is 23.3 Å². The van der Waals surface area contributed by atoms with Crippen LogP contribution in [0.1, 0.15) is 123 Å². The van der Waals surface area contributed by atoms with Gasteiger partial charge in [-0.25, -0.2) is 0 Å². The van der Waals surface area contributed by atoms with E-state index in [0.717, 1.165) is 24.5 Å². The van der Waals surface area contributed by atoms with Crippen LogP contribution in [0, 0.1) is 11.8 Å². The average Bonchev–Trinajstić information content (AvgIpc) is 3.14. The van der Waals surface area contributed by atoms with Gasteiger partial charge < -0.3 is 9.47 Å². The van der Waals surface area contributed by atoms with Crippen molar-refractivity contribution in [2.75, 3.05) is 6.61 Å². The van der Waals surface area contributed by atoms with E-state index in [4.69, 9.17) is 9.47 Å². The SMILES string of the molecule is CCCCC(CC)COc1cc2c(cc1C1(C)CCCC1)OC(C)(C)CC2C(C)C. The lowest BCUT2D eigenvalue weighted by Crippen LogP contribution is -2.36. The van der Waals surface area contributed by atoms with Crippen molar-refractivity contribution in [1.29, 1.82) is 0 Å². The molecule has 1 fully saturated rings. The first-order valence-corrected chi connectivity index (χ1v) is 12.7. The molecule has 0 aromatic heterocycles. The summed E-state index contributed by atoms with van der Waals surface area (Å²) in [7, 11) is 0. The maximum atomic E-state index is 6.66. The molecule has 0 N–H and O–H groups in total. The first-order chi connectivity index (χ1) is 14.2. The van der Waals surface area contributed by atoms with Crippen LogP contribution < -0.4 is 9.47 Å². The van der Waals surface area contributed by atoms with E-state index >= 15 is 0 Å². The first-order valence-electron chi connectivity index (χ1n) is 12.7. The zero-order chi connectivity index (χ0) is 21.9. The van der Waals surface area contributed by atoms with Gasteiger partial charge in [0.15, 0.2) is 0 Å². The van der Waals surface area contributed by atoms with Crippen LogP contribution in [0.3, 0.4) is 0 Å². The van der Waals surface area contributed by atoms with Gasteiger partial charge in [0.05, 0.1) is 6.61 Å². The predicted octanol–water partition coefficient (Wildman–Crippen LogP) is 8.41. The lowest BCUT2D eigenvalue weighted by atomic mass is 9.75. The Bertz CT molecular complexity index is 697. The Morgan fingerprint density at radius 3 is 2.40 bits per heavy atom. The number of ether oxygens (including phenoxy) is 2. The van der Waals surface area contributed by atoms with E-state index in [1.54, 1.807) is 0 Å². The van der Waals surface area contributed by atoms with Gasteiger partial charge in [-0.05, 0) is 74.8 Å². The fourth-order valence-corrected chi connectivity index (χ4v) is 5.65. The number of fused-ring (bicyclic) bond motifs is 1. The van der Waals surface area contributed by atoms with Gasteiger partial charge in [0.1, 0.15) is 17.1 Å². The summed E-state index contributed by atoms with van der Waals surface area (Å²) in [6, 6.07) is 4.75. The Morgan fingerprint density at radius 2 is 1.80 bits per heavy atom. The van der Waals surface area contributed by atoms with Crippen molar-refractivity contribution >= 4 is 0 Å². The van der Waals surface area contributed by atoms with Gasteiger partial charge in [-0.15, -0.1) is 0 Å². The third-order valence-electron chi connectivity index (χ3n) is 7.79. The van der Waals surface area contributed by atoms with Gasteiger partial charge in [-0.2, -0.15) is 0 Å². The van der Waals surface area contributed by atoms with Crippen LogP contribution >= 0.6 is 0 Å². The lowest BCUT2D eigenvalue weighted by Gasteiger charge is -2.41. The van der Waals surface area contributed by atoms with E-state index in [2.05, 4.69) is 60.6 Å². The van der Waals surface area contributed by atoms with Crippen molar-refractivity contribution in [3.63, 3.8) is 0 Å². The number of hydrogen-bond donors (Lipinski definition) is 0. The second-order valence-corrected chi connectivity index (χ2v) is 11.3. The summed E-state index contributed by atoms with van der Waals surface area (Å²) in [4.78, 5) is 0. The van der Waals surface area contributed by atoms with E-state index in [0.29, 0.717) is 17.8 Å². The highest BCUT2D eigenvalue weighted by atomic mass is 16.5. The minimum atomic E-state index is -0.106. The van der Waals surface area contributed by atoms with Crippen molar-refractivity contribution in [2.45, 2.75) is 123 Å². The smallest absolute Gasteiger partial charge is 0.124 e. The monoisotopic (exact) mass is 414 g/mol. The van der Waals surface area contributed by atoms with Crippen molar-refractivity contribution < 1.29 is 9.47 Å². The highest BCUT2D eigenvalue weighted by molar-refractivity contribution is 5.52. The van der Waals surface area contributed by atoms with Crippen LogP contribution in [0.15, 0.2) is 12.1 Å². The maximum Gasteiger partial charge on any atom is 0.124 e. The van der Waals surface area contributed by atoms with Gasteiger partial charge >= 0.3 is 0 Å². The Kier molecular flexibility index (Phi) is 7.46. The Morgan fingerprint density at radius 1 is 1.10 bits per heavy atom. The Balaban J connectivity index is 1.98. The molecule has 2 nitrogen and oxygen atoms in total. The molecular weight excluding hydrogens is 368 g/mol. The molecule has 2 unspecified atom stereocenters. The minimum Gasteiger partial charge on any atom is -0.493 e. The molecule has 1 aliphatic carbocycles. The summed E-state index contributed by atoms with van der Waals surface area (Å²) in [5, 5.41) is 0. The molecule has 1 aromatic carbocycles. The van der Waals surface area contributed by atoms with E-state index in [9.17, 15) is 0 Å². The molecule has 2 aliphatic rings. The fraction of sp³-hybridized carbons (Fsp3) is 0.786. The van der Waals surface area contributed by atoms with Gasteiger partial charge in [-0.3, -0.25) is 0 Å². The van der Waals surface area contributed by atoms with Gasteiger partial charge in [0.25, 0.3) is 0 Å². The Hall–Kier alpha value is -1.18. The first kappa shape index (κ1) is 23.5. The van der Waals surface area contributed by atoms with Crippen LogP contribution in [-0.4, -0.2) is 12.2 Å². The quantitative estimate of drug-likeness (QED) is 0.404.